The Hall–Kier alpha value is -3.64. The number of aliphatic carboxylic acids is 1. The minimum atomic E-state index is -1.86. The smallest absolute Gasteiger partial charge is 0.335 e. The zero-order valence-electron chi connectivity index (χ0n) is 16.2. The van der Waals surface area contributed by atoms with Gasteiger partial charge in [0.2, 0.25) is 6.29 Å². The van der Waals surface area contributed by atoms with Gasteiger partial charge in [-0.25, -0.2) is 4.79 Å². The van der Waals surface area contributed by atoms with Gasteiger partial charge in [0.25, 0.3) is 0 Å². The highest BCUT2D eigenvalue weighted by molar-refractivity contribution is 5.80. The third-order valence-corrected chi connectivity index (χ3v) is 5.03. The molecule has 32 heavy (non-hydrogen) atoms. The van der Waals surface area contributed by atoms with Crippen molar-refractivity contribution in [3.8, 4) is 28.6 Å². The molecule has 4 rings (SSSR count). The molecule has 11 heteroatoms. The van der Waals surface area contributed by atoms with Crippen LogP contribution in [-0.4, -0.2) is 67.3 Å². The zero-order chi connectivity index (χ0) is 23.2. The van der Waals surface area contributed by atoms with Crippen LogP contribution in [0.3, 0.4) is 0 Å². The van der Waals surface area contributed by atoms with Crippen molar-refractivity contribution in [2.24, 2.45) is 0 Å². The summed E-state index contributed by atoms with van der Waals surface area (Å²) in [7, 11) is 0. The van der Waals surface area contributed by atoms with E-state index in [9.17, 15) is 35.1 Å². The number of carbonyl (C=O) groups is 1. The Morgan fingerprint density at radius 3 is 2.34 bits per heavy atom. The molecule has 2 heterocycles. The van der Waals surface area contributed by atoms with Crippen LogP contribution < -0.4 is 10.2 Å². The summed E-state index contributed by atoms with van der Waals surface area (Å²) in [6.45, 7) is 0. The van der Waals surface area contributed by atoms with Crippen LogP contribution >= 0.6 is 0 Å². The Bertz CT molecular complexity index is 1230. The van der Waals surface area contributed by atoms with Crippen molar-refractivity contribution in [1.29, 1.82) is 0 Å². The highest BCUT2D eigenvalue weighted by Crippen LogP contribution is 2.32. The Morgan fingerprint density at radius 1 is 0.906 bits per heavy atom. The Balaban J connectivity index is 1.67. The van der Waals surface area contributed by atoms with Gasteiger partial charge in [-0.1, -0.05) is 0 Å². The van der Waals surface area contributed by atoms with Crippen molar-refractivity contribution >= 4 is 16.9 Å². The molecule has 0 spiro atoms. The summed E-state index contributed by atoms with van der Waals surface area (Å²) in [6, 6.07) is 9.12. The molecule has 2 aromatic carbocycles. The van der Waals surface area contributed by atoms with Gasteiger partial charge >= 0.3 is 5.97 Å². The number of phenols is 2. The zero-order valence-corrected chi connectivity index (χ0v) is 16.2. The average Bonchev–Trinajstić information content (AvgIpc) is 2.75. The molecule has 3 aromatic rings. The molecule has 0 radical (unpaired) electrons. The van der Waals surface area contributed by atoms with Gasteiger partial charge in [0.05, 0.1) is 5.39 Å². The lowest BCUT2D eigenvalue weighted by atomic mass is 9.99. The van der Waals surface area contributed by atoms with Gasteiger partial charge in [-0.2, -0.15) is 0 Å². The number of aromatic hydroxyl groups is 2. The number of ether oxygens (including phenoxy) is 2. The fraction of sp³-hybridized carbons (Fsp3) is 0.238. The standard InChI is InChI=1S/C21H18O11/c22-11-4-1-8(5-13(11)24)14-7-12(23)10-3-2-9(6-15(10)31-14)30-21-18(27)16(25)17(26)19(32-21)20(28)29/h1-7,16-19,21-22,24-27H,(H,28,29). The van der Waals surface area contributed by atoms with Crippen LogP contribution in [-0.2, 0) is 9.53 Å². The second-order valence-corrected chi connectivity index (χ2v) is 7.19. The number of carboxylic acid groups (broad SMARTS) is 1. The van der Waals surface area contributed by atoms with Crippen LogP contribution in [0.1, 0.15) is 0 Å². The summed E-state index contributed by atoms with van der Waals surface area (Å²) in [4.78, 5) is 23.7. The first-order valence-corrected chi connectivity index (χ1v) is 9.35. The van der Waals surface area contributed by atoms with Gasteiger partial charge in [-0.3, -0.25) is 4.79 Å². The summed E-state index contributed by atoms with van der Waals surface area (Å²) < 4.78 is 16.2. The molecule has 11 nitrogen and oxygen atoms in total. The summed E-state index contributed by atoms with van der Waals surface area (Å²) in [5, 5.41) is 58.2. The lowest BCUT2D eigenvalue weighted by molar-refractivity contribution is -0.271. The first kappa shape index (κ1) is 21.6. The van der Waals surface area contributed by atoms with E-state index >= 15 is 0 Å². The van der Waals surface area contributed by atoms with Crippen LogP contribution in [0.4, 0.5) is 0 Å². The minimum absolute atomic E-state index is 0.0168. The topological polar surface area (TPSA) is 187 Å². The number of phenolic OH excluding ortho intramolecular Hbond substituents is 2. The van der Waals surface area contributed by atoms with Crippen molar-refractivity contribution in [2.45, 2.75) is 30.7 Å². The van der Waals surface area contributed by atoms with Gasteiger partial charge in [0.1, 0.15) is 35.4 Å². The van der Waals surface area contributed by atoms with Gasteiger partial charge in [-0.15, -0.1) is 0 Å². The number of rotatable bonds is 4. The van der Waals surface area contributed by atoms with Gasteiger partial charge in [0, 0.05) is 17.7 Å². The van der Waals surface area contributed by atoms with E-state index < -0.39 is 47.9 Å². The molecule has 1 aliphatic rings. The number of aliphatic hydroxyl groups excluding tert-OH is 3. The molecular weight excluding hydrogens is 428 g/mol. The molecule has 1 fully saturated rings. The monoisotopic (exact) mass is 446 g/mol. The summed E-state index contributed by atoms with van der Waals surface area (Å²) in [5.74, 6) is -2.19. The van der Waals surface area contributed by atoms with Crippen LogP contribution in [0, 0.1) is 0 Å². The quantitative estimate of drug-likeness (QED) is 0.299. The van der Waals surface area contributed by atoms with E-state index in [0.29, 0.717) is 5.56 Å². The third kappa shape index (κ3) is 3.85. The number of aliphatic hydroxyl groups is 3. The maximum absolute atomic E-state index is 12.5. The molecule has 0 aliphatic carbocycles. The van der Waals surface area contributed by atoms with Gasteiger partial charge in [-0.05, 0) is 30.3 Å². The molecule has 0 saturated carbocycles. The molecule has 1 aliphatic heterocycles. The second kappa shape index (κ2) is 8.13. The Kier molecular flexibility index (Phi) is 5.48. The van der Waals surface area contributed by atoms with Crippen LogP contribution in [0.15, 0.2) is 51.7 Å². The number of hydrogen-bond donors (Lipinski definition) is 6. The molecule has 0 amide bonds. The molecule has 1 saturated heterocycles. The van der Waals surface area contributed by atoms with Crippen molar-refractivity contribution in [1.82, 2.24) is 0 Å². The average molecular weight is 446 g/mol. The van der Waals surface area contributed by atoms with Gasteiger partial charge in [0.15, 0.2) is 23.0 Å². The summed E-state index contributed by atoms with van der Waals surface area (Å²) >= 11 is 0. The number of hydrogen-bond acceptors (Lipinski definition) is 10. The highest BCUT2D eigenvalue weighted by atomic mass is 16.7. The van der Waals surface area contributed by atoms with Crippen molar-refractivity contribution in [3.63, 3.8) is 0 Å². The predicted octanol–water partition coefficient (Wildman–Crippen LogP) is 0.142. The second-order valence-electron chi connectivity index (χ2n) is 7.19. The SMILES string of the molecule is O=C(O)C1OC(Oc2ccc3c(=O)cc(-c4ccc(O)c(O)c4)oc3c2)C(O)C(O)C1O. The third-order valence-electron chi connectivity index (χ3n) is 5.03. The number of fused-ring (bicyclic) bond motifs is 1. The lowest BCUT2D eigenvalue weighted by Gasteiger charge is -2.38. The van der Waals surface area contributed by atoms with Crippen LogP contribution in [0.5, 0.6) is 17.2 Å². The molecule has 6 N–H and O–H groups in total. The minimum Gasteiger partial charge on any atom is -0.504 e. The Morgan fingerprint density at radius 2 is 1.66 bits per heavy atom. The first-order chi connectivity index (χ1) is 15.2. The summed E-state index contributed by atoms with van der Waals surface area (Å²) in [5.41, 5.74) is -0.0184. The normalized spacial score (nSPS) is 25.5. The lowest BCUT2D eigenvalue weighted by Crippen LogP contribution is -2.61. The largest absolute Gasteiger partial charge is 0.504 e. The molecule has 1 aromatic heterocycles. The number of benzene rings is 2. The fourth-order valence-electron chi connectivity index (χ4n) is 3.31. The van der Waals surface area contributed by atoms with E-state index in [1.165, 1.54) is 42.5 Å². The van der Waals surface area contributed by atoms with Crippen LogP contribution in [0.25, 0.3) is 22.3 Å². The van der Waals surface area contributed by atoms with Crippen LogP contribution in [0.2, 0.25) is 0 Å². The van der Waals surface area contributed by atoms with E-state index in [-0.39, 0.29) is 28.2 Å². The maximum atomic E-state index is 12.5. The molecular formula is C21H18O11. The molecule has 5 unspecified atom stereocenters. The summed E-state index contributed by atoms with van der Waals surface area (Å²) in [6.07, 6.45) is -8.90. The van der Waals surface area contributed by atoms with Gasteiger partial charge < -0.3 is 44.5 Å². The molecule has 5 atom stereocenters. The van der Waals surface area contributed by atoms with E-state index in [1.54, 1.807) is 0 Å². The highest BCUT2D eigenvalue weighted by Gasteiger charge is 2.48. The first-order valence-electron chi connectivity index (χ1n) is 9.35. The van der Waals surface area contributed by atoms with Crippen molar-refractivity contribution in [2.75, 3.05) is 0 Å². The number of carboxylic acids is 1. The van der Waals surface area contributed by atoms with Crippen molar-refractivity contribution < 1.29 is 49.3 Å². The predicted molar refractivity (Wildman–Crippen MR) is 106 cm³/mol. The van der Waals surface area contributed by atoms with E-state index in [2.05, 4.69) is 0 Å². The molecule has 168 valence electrons. The van der Waals surface area contributed by atoms with E-state index in [0.717, 1.165) is 0 Å². The van der Waals surface area contributed by atoms with E-state index in [1.807, 2.05) is 0 Å². The fourth-order valence-corrected chi connectivity index (χ4v) is 3.31. The Labute approximate surface area is 178 Å². The van der Waals surface area contributed by atoms with E-state index in [4.69, 9.17) is 19.0 Å². The molecule has 0 bridgehead atoms. The van der Waals surface area contributed by atoms with Crippen molar-refractivity contribution in [3.05, 3.63) is 52.7 Å². The maximum Gasteiger partial charge on any atom is 0.335 e.